The molecule has 1 saturated heterocycles. The van der Waals surface area contributed by atoms with Crippen molar-refractivity contribution in [1.82, 2.24) is 0 Å². The van der Waals surface area contributed by atoms with Gasteiger partial charge in [-0.05, 0) is 6.42 Å². The zero-order valence-electron chi connectivity index (χ0n) is 4.66. The predicted molar refractivity (Wildman–Crippen MR) is 29.1 cm³/mol. The molecular weight excluding hydrogens is 144 g/mol. The summed E-state index contributed by atoms with van der Waals surface area (Å²) < 4.78 is 24.8. The lowest BCUT2D eigenvalue weighted by Gasteiger charge is -2.09. The highest BCUT2D eigenvalue weighted by atomic mass is 32.2. The molecule has 0 amide bonds. The highest BCUT2D eigenvalue weighted by Crippen LogP contribution is 2.08. The minimum Gasteiger partial charge on any atom is -0.346 e. The third kappa shape index (κ3) is 1.67. The fraction of sp³-hybridized carbons (Fsp3) is 0.750. The lowest BCUT2D eigenvalue weighted by atomic mass is 10.3. The number of rotatable bonds is 0. The van der Waals surface area contributed by atoms with Crippen LogP contribution in [0.1, 0.15) is 12.8 Å². The van der Waals surface area contributed by atoms with Gasteiger partial charge in [0.25, 0.3) is 0 Å². The standard InChI is InChI=1S/C4H6O4S/c5-4-2-1-3-9(6,7)8-4/h1-3H2. The quantitative estimate of drug-likeness (QED) is 0.443. The Morgan fingerprint density at radius 3 is 2.44 bits per heavy atom. The van der Waals surface area contributed by atoms with Crippen LogP contribution in [0.2, 0.25) is 0 Å². The Morgan fingerprint density at radius 2 is 2.11 bits per heavy atom. The normalized spacial score (nSPS) is 25.1. The maximum atomic E-state index is 10.4. The van der Waals surface area contributed by atoms with Gasteiger partial charge in [-0.3, -0.25) is 4.79 Å². The van der Waals surface area contributed by atoms with E-state index in [4.69, 9.17) is 0 Å². The first kappa shape index (κ1) is 6.54. The van der Waals surface area contributed by atoms with Crippen molar-refractivity contribution >= 4 is 16.1 Å². The third-order valence-electron chi connectivity index (χ3n) is 0.995. The predicted octanol–water partition coefficient (Wildman–Crippen LogP) is -0.347. The molecule has 0 unspecified atom stereocenters. The summed E-state index contributed by atoms with van der Waals surface area (Å²) in [6, 6.07) is 0. The van der Waals surface area contributed by atoms with Crippen molar-refractivity contribution in [2.24, 2.45) is 0 Å². The molecule has 0 N–H and O–H groups in total. The van der Waals surface area contributed by atoms with Gasteiger partial charge in [0.15, 0.2) is 0 Å². The Labute approximate surface area is 52.9 Å². The monoisotopic (exact) mass is 150 g/mol. The van der Waals surface area contributed by atoms with E-state index in [1.807, 2.05) is 0 Å². The fourth-order valence-electron chi connectivity index (χ4n) is 0.618. The van der Waals surface area contributed by atoms with E-state index in [1.165, 1.54) is 0 Å². The summed E-state index contributed by atoms with van der Waals surface area (Å²) in [5.74, 6) is -0.667. The van der Waals surface area contributed by atoms with Gasteiger partial charge in [-0.15, -0.1) is 0 Å². The molecule has 1 fully saturated rings. The zero-order chi connectivity index (χ0) is 6.91. The van der Waals surface area contributed by atoms with E-state index < -0.39 is 16.1 Å². The minimum atomic E-state index is -3.48. The first-order chi connectivity index (χ1) is 4.10. The lowest BCUT2D eigenvalue weighted by Crippen LogP contribution is -2.21. The largest absolute Gasteiger partial charge is 0.346 e. The van der Waals surface area contributed by atoms with Crippen LogP contribution in [-0.2, 0) is 19.1 Å². The first-order valence-corrected chi connectivity index (χ1v) is 4.13. The van der Waals surface area contributed by atoms with E-state index >= 15 is 0 Å². The van der Waals surface area contributed by atoms with Gasteiger partial charge in [-0.2, -0.15) is 8.42 Å². The molecular formula is C4H6O4S. The average molecular weight is 150 g/mol. The Morgan fingerprint density at radius 1 is 1.44 bits per heavy atom. The van der Waals surface area contributed by atoms with Gasteiger partial charge in [0.1, 0.15) is 0 Å². The number of carbonyl (C=O) groups is 1. The summed E-state index contributed by atoms with van der Waals surface area (Å²) in [5.41, 5.74) is 0. The summed E-state index contributed by atoms with van der Waals surface area (Å²) in [6.45, 7) is 0. The molecule has 5 heteroatoms. The molecule has 4 nitrogen and oxygen atoms in total. The summed E-state index contributed by atoms with van der Waals surface area (Å²) in [4.78, 5) is 10.3. The van der Waals surface area contributed by atoms with Crippen molar-refractivity contribution in [2.45, 2.75) is 12.8 Å². The van der Waals surface area contributed by atoms with Gasteiger partial charge in [0, 0.05) is 6.42 Å². The van der Waals surface area contributed by atoms with Gasteiger partial charge in [0.2, 0.25) is 0 Å². The van der Waals surface area contributed by atoms with Crippen LogP contribution in [0.5, 0.6) is 0 Å². The Bertz CT molecular complexity index is 215. The zero-order valence-corrected chi connectivity index (χ0v) is 5.48. The second-order valence-corrected chi connectivity index (χ2v) is 3.51. The Balaban J connectivity index is 2.73. The van der Waals surface area contributed by atoms with Gasteiger partial charge in [0.05, 0.1) is 5.75 Å². The van der Waals surface area contributed by atoms with Crippen LogP contribution in [0, 0.1) is 0 Å². The van der Waals surface area contributed by atoms with Crippen LogP contribution >= 0.6 is 0 Å². The van der Waals surface area contributed by atoms with Crippen molar-refractivity contribution in [1.29, 1.82) is 0 Å². The molecule has 0 saturated carbocycles. The molecule has 1 heterocycles. The molecule has 0 radical (unpaired) electrons. The molecule has 0 bridgehead atoms. The maximum absolute atomic E-state index is 10.4. The van der Waals surface area contributed by atoms with Gasteiger partial charge in [-0.25, -0.2) is 0 Å². The molecule has 0 atom stereocenters. The fourth-order valence-corrected chi connectivity index (χ4v) is 1.57. The molecule has 1 aliphatic heterocycles. The van der Waals surface area contributed by atoms with Crippen LogP contribution in [-0.4, -0.2) is 20.1 Å². The van der Waals surface area contributed by atoms with E-state index in [0.717, 1.165) is 0 Å². The molecule has 0 aliphatic carbocycles. The molecule has 0 aromatic carbocycles. The van der Waals surface area contributed by atoms with Crippen molar-refractivity contribution in [3.05, 3.63) is 0 Å². The molecule has 1 aliphatic rings. The van der Waals surface area contributed by atoms with E-state index in [1.54, 1.807) is 0 Å². The van der Waals surface area contributed by atoms with E-state index in [2.05, 4.69) is 4.18 Å². The van der Waals surface area contributed by atoms with Crippen LogP contribution < -0.4 is 0 Å². The highest BCUT2D eigenvalue weighted by molar-refractivity contribution is 7.87. The first-order valence-electron chi connectivity index (χ1n) is 2.55. The molecule has 0 aromatic rings. The highest BCUT2D eigenvalue weighted by Gasteiger charge is 2.22. The summed E-state index contributed by atoms with van der Waals surface area (Å²) >= 11 is 0. The van der Waals surface area contributed by atoms with Crippen LogP contribution in [0.4, 0.5) is 0 Å². The summed E-state index contributed by atoms with van der Waals surface area (Å²) in [6.07, 6.45) is 0.612. The van der Waals surface area contributed by atoms with Crippen LogP contribution in [0.3, 0.4) is 0 Å². The van der Waals surface area contributed by atoms with Crippen molar-refractivity contribution in [3.8, 4) is 0 Å². The van der Waals surface area contributed by atoms with Gasteiger partial charge >= 0.3 is 16.1 Å². The van der Waals surface area contributed by atoms with E-state index in [9.17, 15) is 13.2 Å². The summed E-state index contributed by atoms with van der Waals surface area (Å²) in [5, 5.41) is 0. The number of carbonyl (C=O) groups excluding carboxylic acids is 1. The molecule has 0 spiro atoms. The van der Waals surface area contributed by atoms with Crippen LogP contribution in [0.15, 0.2) is 0 Å². The van der Waals surface area contributed by atoms with Crippen LogP contribution in [0.25, 0.3) is 0 Å². The second-order valence-electron chi connectivity index (χ2n) is 1.82. The van der Waals surface area contributed by atoms with Crippen molar-refractivity contribution in [2.75, 3.05) is 5.75 Å². The van der Waals surface area contributed by atoms with E-state index in [-0.39, 0.29) is 12.2 Å². The molecule has 9 heavy (non-hydrogen) atoms. The molecule has 0 aromatic heterocycles. The summed E-state index contributed by atoms with van der Waals surface area (Å²) in [7, 11) is -3.48. The molecule has 52 valence electrons. The topological polar surface area (TPSA) is 60.4 Å². The second kappa shape index (κ2) is 1.98. The third-order valence-corrected chi connectivity index (χ3v) is 2.22. The SMILES string of the molecule is O=C1CCCS(=O)(=O)O1. The van der Waals surface area contributed by atoms with Gasteiger partial charge < -0.3 is 4.18 Å². The molecule has 1 rings (SSSR count). The van der Waals surface area contributed by atoms with Crippen molar-refractivity contribution in [3.63, 3.8) is 0 Å². The van der Waals surface area contributed by atoms with Gasteiger partial charge in [-0.1, -0.05) is 0 Å². The van der Waals surface area contributed by atoms with Crippen molar-refractivity contribution < 1.29 is 17.4 Å². The minimum absolute atomic E-state index is 0.0290. The average Bonchev–Trinajstić information content (AvgIpc) is 1.60. The smallest absolute Gasteiger partial charge is 0.322 e. The Kier molecular flexibility index (Phi) is 1.44. The number of hydrogen-bond acceptors (Lipinski definition) is 4. The Hall–Kier alpha value is -0.580. The maximum Gasteiger partial charge on any atom is 0.322 e. The van der Waals surface area contributed by atoms with E-state index in [0.29, 0.717) is 6.42 Å². The number of hydrogen-bond donors (Lipinski definition) is 0. The lowest BCUT2D eigenvalue weighted by molar-refractivity contribution is -0.134.